The van der Waals surface area contributed by atoms with Gasteiger partial charge in [-0.05, 0) is 49.4 Å². The average molecular weight is 1370 g/mol. The summed E-state index contributed by atoms with van der Waals surface area (Å²) in [6, 6.07) is 0. The fraction of sp³-hybridized carbons (Fsp3) is 0.946. The summed E-state index contributed by atoms with van der Waals surface area (Å²) in [5, 5.41) is 10.6. The van der Waals surface area contributed by atoms with Crippen LogP contribution < -0.4 is 0 Å². The monoisotopic (exact) mass is 1370 g/mol. The molecule has 0 bridgehead atoms. The molecule has 0 aliphatic heterocycles. The molecule has 5 atom stereocenters. The largest absolute Gasteiger partial charge is 0.472 e. The lowest BCUT2D eigenvalue weighted by molar-refractivity contribution is -0.161. The predicted octanol–water partition coefficient (Wildman–Crippen LogP) is 21.3. The quantitative estimate of drug-likeness (QED) is 0.0222. The van der Waals surface area contributed by atoms with E-state index in [0.717, 1.165) is 114 Å². The Morgan fingerprint density at radius 2 is 0.452 bits per heavy atom. The normalized spacial score (nSPS) is 14.2. The number of hydrogen-bond donors (Lipinski definition) is 3. The van der Waals surface area contributed by atoms with Gasteiger partial charge >= 0.3 is 39.5 Å². The van der Waals surface area contributed by atoms with Crippen molar-refractivity contribution in [1.82, 2.24) is 0 Å². The van der Waals surface area contributed by atoms with Gasteiger partial charge in [-0.2, -0.15) is 0 Å². The zero-order chi connectivity index (χ0) is 68.9. The van der Waals surface area contributed by atoms with Crippen LogP contribution in [-0.4, -0.2) is 96.7 Å². The highest BCUT2D eigenvalue weighted by atomic mass is 31.2. The number of aliphatic hydroxyl groups excluding tert-OH is 1. The summed E-state index contributed by atoms with van der Waals surface area (Å²) < 4.78 is 68.4. The third kappa shape index (κ3) is 68.4. The first kappa shape index (κ1) is 91.1. The Hall–Kier alpha value is -1.94. The van der Waals surface area contributed by atoms with Gasteiger partial charge in [0.2, 0.25) is 0 Å². The zero-order valence-electron chi connectivity index (χ0n) is 60.9. The van der Waals surface area contributed by atoms with E-state index in [1.807, 2.05) is 0 Å². The highest BCUT2D eigenvalue weighted by Gasteiger charge is 2.30. The molecule has 0 aromatic carbocycles. The Morgan fingerprint density at radius 3 is 0.667 bits per heavy atom. The van der Waals surface area contributed by atoms with Crippen LogP contribution in [0, 0.1) is 23.7 Å². The van der Waals surface area contributed by atoms with E-state index < -0.39 is 97.5 Å². The third-order valence-electron chi connectivity index (χ3n) is 17.1. The van der Waals surface area contributed by atoms with Crippen LogP contribution in [0.1, 0.15) is 370 Å². The maximum Gasteiger partial charge on any atom is 0.472 e. The predicted molar refractivity (Wildman–Crippen MR) is 377 cm³/mol. The fourth-order valence-corrected chi connectivity index (χ4v) is 12.8. The van der Waals surface area contributed by atoms with Crippen LogP contribution in [0.3, 0.4) is 0 Å². The van der Waals surface area contributed by atoms with Gasteiger partial charge in [-0.3, -0.25) is 37.3 Å². The van der Waals surface area contributed by atoms with Gasteiger partial charge in [0.25, 0.3) is 0 Å². The lowest BCUT2D eigenvalue weighted by atomic mass is 10.0. The van der Waals surface area contributed by atoms with Crippen LogP contribution in [0.25, 0.3) is 0 Å². The van der Waals surface area contributed by atoms with Gasteiger partial charge in [-0.1, -0.05) is 319 Å². The SMILES string of the molecule is CC(C)CCCCCCCCCCCCCCCCCCC(=O)OC[C@H](COP(=O)(O)OC[C@@H](O)COP(=O)(O)OC[C@@H](COC(=O)CCCCCCCCC(C)C)OC(=O)CCCCCCCCCCCCC(C)C)OC(=O)CCCCCCCCCCCC(C)C. The average Bonchev–Trinajstić information content (AvgIpc) is 1.61. The Morgan fingerprint density at radius 1 is 0.269 bits per heavy atom. The molecule has 0 saturated heterocycles. The summed E-state index contributed by atoms with van der Waals surface area (Å²) in [6.07, 6.45) is 47.4. The van der Waals surface area contributed by atoms with Crippen molar-refractivity contribution in [2.45, 2.75) is 388 Å². The maximum atomic E-state index is 13.1. The van der Waals surface area contributed by atoms with E-state index in [-0.39, 0.29) is 25.7 Å². The highest BCUT2D eigenvalue weighted by Crippen LogP contribution is 2.45. The number of carbonyl (C=O) groups excluding carboxylic acids is 4. The summed E-state index contributed by atoms with van der Waals surface area (Å²) in [7, 11) is -9.91. The van der Waals surface area contributed by atoms with E-state index in [0.29, 0.717) is 31.6 Å². The number of esters is 4. The minimum Gasteiger partial charge on any atom is -0.462 e. The molecular weight excluding hydrogens is 1220 g/mol. The Bertz CT molecular complexity index is 1830. The van der Waals surface area contributed by atoms with Crippen LogP contribution in [0.5, 0.6) is 0 Å². The van der Waals surface area contributed by atoms with Crippen molar-refractivity contribution < 1.29 is 80.2 Å². The third-order valence-corrected chi connectivity index (χ3v) is 19.0. The second-order valence-electron chi connectivity index (χ2n) is 28.6. The topological polar surface area (TPSA) is 237 Å². The van der Waals surface area contributed by atoms with Crippen molar-refractivity contribution in [3.63, 3.8) is 0 Å². The number of phosphoric acid groups is 2. The molecular formula is C74H144O17P2. The van der Waals surface area contributed by atoms with E-state index in [1.165, 1.54) is 167 Å². The number of rotatable bonds is 71. The first-order valence-corrected chi connectivity index (χ1v) is 41.2. The Labute approximate surface area is 568 Å². The molecule has 0 aliphatic carbocycles. The zero-order valence-corrected chi connectivity index (χ0v) is 62.7. The van der Waals surface area contributed by atoms with E-state index in [4.69, 9.17) is 37.0 Å². The van der Waals surface area contributed by atoms with Gasteiger partial charge in [0.15, 0.2) is 12.2 Å². The van der Waals surface area contributed by atoms with Gasteiger partial charge < -0.3 is 33.8 Å². The first-order chi connectivity index (χ1) is 44.6. The van der Waals surface area contributed by atoms with Crippen LogP contribution in [0.2, 0.25) is 0 Å². The number of aliphatic hydroxyl groups is 1. The van der Waals surface area contributed by atoms with Crippen molar-refractivity contribution >= 4 is 39.5 Å². The van der Waals surface area contributed by atoms with Gasteiger partial charge in [-0.15, -0.1) is 0 Å². The van der Waals surface area contributed by atoms with Gasteiger partial charge in [-0.25, -0.2) is 9.13 Å². The fourth-order valence-electron chi connectivity index (χ4n) is 11.2. The molecule has 0 radical (unpaired) electrons. The second kappa shape index (κ2) is 63.5. The minimum absolute atomic E-state index is 0.104. The first-order valence-electron chi connectivity index (χ1n) is 38.2. The van der Waals surface area contributed by atoms with Gasteiger partial charge in [0.05, 0.1) is 26.4 Å². The van der Waals surface area contributed by atoms with Crippen LogP contribution in [0.4, 0.5) is 0 Å². The number of unbranched alkanes of at least 4 members (excludes halogenated alkanes) is 37. The van der Waals surface area contributed by atoms with Gasteiger partial charge in [0, 0.05) is 25.7 Å². The molecule has 17 nitrogen and oxygen atoms in total. The number of hydrogen-bond acceptors (Lipinski definition) is 15. The molecule has 0 spiro atoms. The summed E-state index contributed by atoms with van der Waals surface area (Å²) in [4.78, 5) is 72.7. The summed E-state index contributed by atoms with van der Waals surface area (Å²) in [6.45, 7) is 14.1. The lowest BCUT2D eigenvalue weighted by Gasteiger charge is -2.21. The van der Waals surface area contributed by atoms with Crippen molar-refractivity contribution in [1.29, 1.82) is 0 Å². The van der Waals surface area contributed by atoms with E-state index >= 15 is 0 Å². The summed E-state index contributed by atoms with van der Waals surface area (Å²) >= 11 is 0. The Balaban J connectivity index is 5.20. The van der Waals surface area contributed by atoms with Crippen LogP contribution in [-0.2, 0) is 65.4 Å². The van der Waals surface area contributed by atoms with E-state index in [1.54, 1.807) is 0 Å². The molecule has 0 amide bonds. The molecule has 93 heavy (non-hydrogen) atoms. The minimum atomic E-state index is -4.96. The standard InChI is InChI=1S/C74H144O17P2/c1-64(2)50-42-34-26-20-15-13-11-9-10-12-14-16-23-29-38-46-54-71(76)84-60-69(90-74(79)57-49-41-31-25-19-22-28-36-44-52-66(5)6)62-88-92(80,81)86-58-68(75)59-87-93(82,83)89-63-70(61-85-72(77)55-47-39-33-32-37-45-53-67(7)8)91-73(78)56-48-40-30-24-18-17-21-27-35-43-51-65(3)4/h64-70,75H,9-63H2,1-8H3,(H,80,81)(H,82,83)/t68-,69-,70-/m1/s1. The number of phosphoric ester groups is 2. The van der Waals surface area contributed by atoms with Gasteiger partial charge in [0.1, 0.15) is 19.3 Å². The van der Waals surface area contributed by atoms with E-state index in [9.17, 15) is 43.2 Å². The molecule has 0 aromatic rings. The molecule has 0 aromatic heterocycles. The molecule has 0 rings (SSSR count). The molecule has 0 fully saturated rings. The smallest absolute Gasteiger partial charge is 0.462 e. The van der Waals surface area contributed by atoms with Crippen LogP contribution in [0.15, 0.2) is 0 Å². The number of ether oxygens (including phenoxy) is 4. The molecule has 19 heteroatoms. The molecule has 0 saturated carbocycles. The second-order valence-corrected chi connectivity index (χ2v) is 31.5. The summed E-state index contributed by atoms with van der Waals surface area (Å²) in [5.74, 6) is 0.854. The van der Waals surface area contributed by atoms with Crippen molar-refractivity contribution in [2.24, 2.45) is 23.7 Å². The van der Waals surface area contributed by atoms with E-state index in [2.05, 4.69) is 55.4 Å². The molecule has 0 aliphatic rings. The molecule has 2 unspecified atom stereocenters. The Kier molecular flexibility index (Phi) is 62.2. The maximum absolute atomic E-state index is 13.1. The van der Waals surface area contributed by atoms with Crippen molar-refractivity contribution in [2.75, 3.05) is 39.6 Å². The highest BCUT2D eigenvalue weighted by molar-refractivity contribution is 7.47. The molecule has 3 N–H and O–H groups in total. The molecule has 0 heterocycles. The lowest BCUT2D eigenvalue weighted by Crippen LogP contribution is -2.30. The van der Waals surface area contributed by atoms with Crippen molar-refractivity contribution in [3.8, 4) is 0 Å². The number of carbonyl (C=O) groups is 4. The molecule has 552 valence electrons. The summed E-state index contributed by atoms with van der Waals surface area (Å²) in [5.41, 5.74) is 0. The van der Waals surface area contributed by atoms with Crippen molar-refractivity contribution in [3.05, 3.63) is 0 Å². The van der Waals surface area contributed by atoms with Crippen LogP contribution >= 0.6 is 15.6 Å².